The van der Waals surface area contributed by atoms with E-state index in [0.717, 1.165) is 0 Å². The Labute approximate surface area is 113 Å². The van der Waals surface area contributed by atoms with Gasteiger partial charge in [-0.2, -0.15) is 0 Å². The molecule has 0 fully saturated rings. The van der Waals surface area contributed by atoms with Crippen LogP contribution in [-0.4, -0.2) is 5.11 Å². The average Bonchev–Trinajstić information content (AvgIpc) is 2.28. The van der Waals surface area contributed by atoms with Gasteiger partial charge in [-0.25, -0.2) is 0 Å². The molecule has 2 rings (SSSR count). The first-order valence-corrected chi connectivity index (χ1v) is 5.81. The molecule has 0 amide bonds. The van der Waals surface area contributed by atoms with Gasteiger partial charge in [0.1, 0.15) is 5.75 Å². The minimum Gasteiger partial charge on any atom is -0.504 e. The molecule has 2 aromatic rings. The van der Waals surface area contributed by atoms with Crippen LogP contribution in [0.4, 0.5) is 0 Å². The molecule has 88 valence electrons. The third-order valence-corrected chi connectivity index (χ3v) is 2.90. The average molecular weight is 290 g/mol. The molecule has 17 heavy (non-hydrogen) atoms. The Morgan fingerprint density at radius 2 is 1.71 bits per heavy atom. The van der Waals surface area contributed by atoms with E-state index in [9.17, 15) is 5.11 Å². The van der Waals surface area contributed by atoms with Gasteiger partial charge in [0, 0.05) is 11.1 Å². The predicted octanol–water partition coefficient (Wildman–Crippen LogP) is 5.14. The molecular weight excluding hydrogens is 282 g/mol. The quantitative estimate of drug-likeness (QED) is 0.829. The van der Waals surface area contributed by atoms with Gasteiger partial charge in [-0.15, -0.1) is 0 Å². The number of aromatic hydroxyl groups is 1. The molecule has 0 bridgehead atoms. The van der Waals surface area contributed by atoms with Gasteiger partial charge >= 0.3 is 0 Å². The number of halogens is 3. The summed E-state index contributed by atoms with van der Waals surface area (Å²) in [5.74, 6) is 0.425. The molecular formula is C12H7Cl3O2. The van der Waals surface area contributed by atoms with Crippen LogP contribution in [0.1, 0.15) is 0 Å². The molecule has 0 saturated heterocycles. The molecule has 0 spiro atoms. The largest absolute Gasteiger partial charge is 0.504 e. The molecule has 0 unspecified atom stereocenters. The van der Waals surface area contributed by atoms with Crippen molar-refractivity contribution in [2.24, 2.45) is 0 Å². The van der Waals surface area contributed by atoms with E-state index in [1.165, 1.54) is 6.07 Å². The first-order valence-electron chi connectivity index (χ1n) is 4.68. The lowest BCUT2D eigenvalue weighted by atomic mass is 10.3. The number of para-hydroxylation sites is 1. The van der Waals surface area contributed by atoms with Gasteiger partial charge in [0.05, 0.1) is 10.0 Å². The van der Waals surface area contributed by atoms with Crippen molar-refractivity contribution in [3.05, 3.63) is 51.5 Å². The monoisotopic (exact) mass is 288 g/mol. The molecule has 0 aliphatic rings. The fourth-order valence-corrected chi connectivity index (χ4v) is 1.79. The van der Waals surface area contributed by atoms with Crippen molar-refractivity contribution < 1.29 is 9.84 Å². The zero-order valence-electron chi connectivity index (χ0n) is 8.45. The maximum Gasteiger partial charge on any atom is 0.187 e. The summed E-state index contributed by atoms with van der Waals surface area (Å²) in [7, 11) is 0. The lowest BCUT2D eigenvalue weighted by Gasteiger charge is -2.10. The molecule has 1 N–H and O–H groups in total. The van der Waals surface area contributed by atoms with Crippen molar-refractivity contribution in [2.75, 3.05) is 0 Å². The maximum absolute atomic E-state index is 9.63. The third kappa shape index (κ3) is 2.78. The second-order valence-electron chi connectivity index (χ2n) is 3.26. The number of benzene rings is 2. The minimum atomic E-state index is -0.0615. The van der Waals surface area contributed by atoms with Crippen molar-refractivity contribution in [3.63, 3.8) is 0 Å². The van der Waals surface area contributed by atoms with Crippen LogP contribution in [0.5, 0.6) is 17.2 Å². The molecule has 0 saturated carbocycles. The van der Waals surface area contributed by atoms with E-state index < -0.39 is 0 Å². The Morgan fingerprint density at radius 1 is 0.941 bits per heavy atom. The fraction of sp³-hybridized carbons (Fsp3) is 0. The molecule has 0 heterocycles. The summed E-state index contributed by atoms with van der Waals surface area (Å²) in [4.78, 5) is 0. The molecule has 2 nitrogen and oxygen atoms in total. The van der Waals surface area contributed by atoms with Gasteiger partial charge in [0.25, 0.3) is 0 Å². The van der Waals surface area contributed by atoms with E-state index in [1.54, 1.807) is 30.3 Å². The lowest BCUT2D eigenvalue weighted by molar-refractivity contribution is 0.411. The van der Waals surface area contributed by atoms with Crippen molar-refractivity contribution in [3.8, 4) is 17.2 Å². The van der Waals surface area contributed by atoms with E-state index in [4.69, 9.17) is 39.5 Å². The topological polar surface area (TPSA) is 29.5 Å². The van der Waals surface area contributed by atoms with Crippen molar-refractivity contribution in [1.29, 1.82) is 0 Å². The zero-order valence-corrected chi connectivity index (χ0v) is 10.7. The molecule has 0 aromatic heterocycles. The smallest absolute Gasteiger partial charge is 0.187 e. The second kappa shape index (κ2) is 5.05. The maximum atomic E-state index is 9.63. The molecule has 0 aliphatic carbocycles. The SMILES string of the molecule is Oc1cccc(Cl)c1Oc1cc(Cl)ccc1Cl. The van der Waals surface area contributed by atoms with Crippen molar-refractivity contribution >= 4 is 34.8 Å². The first kappa shape index (κ1) is 12.4. The van der Waals surface area contributed by atoms with Gasteiger partial charge in [-0.1, -0.05) is 40.9 Å². The summed E-state index contributed by atoms with van der Waals surface area (Å²) >= 11 is 17.7. The summed E-state index contributed by atoms with van der Waals surface area (Å²) in [5.41, 5.74) is 0. The van der Waals surface area contributed by atoms with Gasteiger partial charge in [0.15, 0.2) is 11.5 Å². The number of phenolic OH excluding ortho intramolecular Hbond substituents is 1. The van der Waals surface area contributed by atoms with Gasteiger partial charge in [-0.3, -0.25) is 0 Å². The number of hydrogen-bond donors (Lipinski definition) is 1. The zero-order chi connectivity index (χ0) is 12.4. The van der Waals surface area contributed by atoms with Crippen LogP contribution in [0.2, 0.25) is 15.1 Å². The summed E-state index contributed by atoms with van der Waals surface area (Å²) in [6.45, 7) is 0. The van der Waals surface area contributed by atoms with Crippen molar-refractivity contribution in [1.82, 2.24) is 0 Å². The van der Waals surface area contributed by atoms with Crippen LogP contribution in [0.25, 0.3) is 0 Å². The Kier molecular flexibility index (Phi) is 3.67. The molecule has 0 radical (unpaired) electrons. The van der Waals surface area contributed by atoms with E-state index in [1.807, 2.05) is 0 Å². The van der Waals surface area contributed by atoms with E-state index >= 15 is 0 Å². The summed E-state index contributed by atoms with van der Waals surface area (Å²) in [5, 5.41) is 10.8. The van der Waals surface area contributed by atoms with Crippen LogP contribution < -0.4 is 4.74 Å². The number of rotatable bonds is 2. The van der Waals surface area contributed by atoms with Gasteiger partial charge in [0.2, 0.25) is 0 Å². The van der Waals surface area contributed by atoms with Gasteiger partial charge in [-0.05, 0) is 24.3 Å². The Balaban J connectivity index is 2.41. The van der Waals surface area contributed by atoms with Crippen LogP contribution in [-0.2, 0) is 0 Å². The van der Waals surface area contributed by atoms with Crippen LogP contribution in [0, 0.1) is 0 Å². The van der Waals surface area contributed by atoms with E-state index in [2.05, 4.69) is 0 Å². The first-order chi connectivity index (χ1) is 8.08. The van der Waals surface area contributed by atoms with Crippen LogP contribution in [0.3, 0.4) is 0 Å². The van der Waals surface area contributed by atoms with Gasteiger partial charge < -0.3 is 9.84 Å². The summed E-state index contributed by atoms with van der Waals surface area (Å²) < 4.78 is 5.45. The Hall–Kier alpha value is -1.09. The Bertz CT molecular complexity index is 535. The van der Waals surface area contributed by atoms with Crippen LogP contribution >= 0.6 is 34.8 Å². The highest BCUT2D eigenvalue weighted by Crippen LogP contribution is 2.40. The molecule has 5 heteroatoms. The van der Waals surface area contributed by atoms with E-state index in [0.29, 0.717) is 20.8 Å². The highest BCUT2D eigenvalue weighted by molar-refractivity contribution is 6.34. The predicted molar refractivity (Wildman–Crippen MR) is 69.7 cm³/mol. The van der Waals surface area contributed by atoms with E-state index in [-0.39, 0.29) is 11.5 Å². The number of ether oxygens (including phenoxy) is 1. The summed E-state index contributed by atoms with van der Waals surface area (Å²) in [6, 6.07) is 9.49. The minimum absolute atomic E-state index is 0.0615. The lowest BCUT2D eigenvalue weighted by Crippen LogP contribution is -1.87. The second-order valence-corrected chi connectivity index (χ2v) is 4.52. The highest BCUT2D eigenvalue weighted by atomic mass is 35.5. The van der Waals surface area contributed by atoms with Crippen molar-refractivity contribution in [2.45, 2.75) is 0 Å². The highest BCUT2D eigenvalue weighted by Gasteiger charge is 2.11. The molecule has 0 aliphatic heterocycles. The molecule has 0 atom stereocenters. The normalized spacial score (nSPS) is 10.3. The number of hydrogen-bond acceptors (Lipinski definition) is 2. The fourth-order valence-electron chi connectivity index (χ4n) is 1.26. The summed E-state index contributed by atoms with van der Waals surface area (Å²) in [6.07, 6.45) is 0. The third-order valence-electron chi connectivity index (χ3n) is 2.05. The molecule has 2 aromatic carbocycles. The number of phenols is 1. The Morgan fingerprint density at radius 3 is 2.41 bits per heavy atom. The standard InChI is InChI=1S/C12H7Cl3O2/c13-7-4-5-8(14)11(6-7)17-12-9(15)2-1-3-10(12)16/h1-6,16H. The van der Waals surface area contributed by atoms with Crippen LogP contribution in [0.15, 0.2) is 36.4 Å².